The van der Waals surface area contributed by atoms with Crippen molar-refractivity contribution in [2.45, 2.75) is 31.8 Å². The molecule has 0 radical (unpaired) electrons. The van der Waals surface area contributed by atoms with Crippen LogP contribution in [0.4, 0.5) is 11.4 Å². The molecular formula is C19H16N2O9. The third kappa shape index (κ3) is 2.70. The molecule has 3 aliphatic heterocycles. The number of amides is 2. The number of rotatable bonds is 5. The summed E-state index contributed by atoms with van der Waals surface area (Å²) in [7, 11) is 0. The number of nitro groups is 1. The van der Waals surface area contributed by atoms with E-state index in [1.807, 2.05) is 0 Å². The molecule has 0 spiro atoms. The Bertz CT molecular complexity index is 1000. The topological polar surface area (TPSA) is 142 Å². The van der Waals surface area contributed by atoms with E-state index in [9.17, 15) is 29.3 Å². The van der Waals surface area contributed by atoms with Crippen molar-refractivity contribution in [3.8, 4) is 0 Å². The van der Waals surface area contributed by atoms with Gasteiger partial charge in [0.25, 0.3) is 12.0 Å². The zero-order valence-corrected chi connectivity index (χ0v) is 15.8. The Balaban J connectivity index is 1.78. The van der Waals surface area contributed by atoms with Crippen LogP contribution in [0.15, 0.2) is 36.4 Å². The predicted octanol–water partition coefficient (Wildman–Crippen LogP) is 0.860. The first-order chi connectivity index (χ1) is 14.2. The molecule has 11 heteroatoms. The smallest absolute Gasteiger partial charge is 0.305 e. The predicted molar refractivity (Wildman–Crippen MR) is 96.6 cm³/mol. The van der Waals surface area contributed by atoms with E-state index in [2.05, 4.69) is 0 Å². The van der Waals surface area contributed by atoms with E-state index in [0.717, 1.165) is 18.7 Å². The number of nitrogens with zero attached hydrogens (tertiary/aromatic N) is 2. The molecule has 0 aliphatic carbocycles. The number of imide groups is 1. The van der Waals surface area contributed by atoms with Gasteiger partial charge in [0.15, 0.2) is 5.60 Å². The van der Waals surface area contributed by atoms with Crippen LogP contribution in [0.1, 0.15) is 13.8 Å². The first-order valence-corrected chi connectivity index (χ1v) is 9.00. The highest BCUT2D eigenvalue weighted by Gasteiger charge is 2.72. The first-order valence-electron chi connectivity index (χ1n) is 9.00. The molecule has 11 nitrogen and oxygen atoms in total. The summed E-state index contributed by atoms with van der Waals surface area (Å²) in [4.78, 5) is 61.1. The fraction of sp³-hybridized carbons (Fsp3) is 0.368. The molecular weight excluding hydrogens is 400 g/mol. The Morgan fingerprint density at radius 2 is 1.80 bits per heavy atom. The fourth-order valence-electron chi connectivity index (χ4n) is 4.26. The van der Waals surface area contributed by atoms with Gasteiger partial charge in [-0.3, -0.25) is 29.3 Å². The van der Waals surface area contributed by atoms with Crippen molar-refractivity contribution < 1.29 is 38.3 Å². The van der Waals surface area contributed by atoms with E-state index in [4.69, 9.17) is 14.2 Å². The molecule has 2 fully saturated rings. The van der Waals surface area contributed by atoms with Gasteiger partial charge in [-0.1, -0.05) is 18.2 Å². The molecule has 0 saturated carbocycles. The number of ether oxygens (including phenoxy) is 3. The number of nitro benzene ring substituents is 1. The second-order valence-corrected chi connectivity index (χ2v) is 7.11. The van der Waals surface area contributed by atoms with Crippen molar-refractivity contribution in [1.29, 1.82) is 0 Å². The lowest BCUT2D eigenvalue weighted by molar-refractivity contribution is -0.384. The van der Waals surface area contributed by atoms with Gasteiger partial charge in [0.1, 0.15) is 5.69 Å². The molecule has 3 heterocycles. The highest BCUT2D eigenvalue weighted by atomic mass is 16.7. The van der Waals surface area contributed by atoms with E-state index >= 15 is 0 Å². The monoisotopic (exact) mass is 416 g/mol. The summed E-state index contributed by atoms with van der Waals surface area (Å²) < 4.78 is 16.1. The third-order valence-electron chi connectivity index (χ3n) is 5.31. The van der Waals surface area contributed by atoms with E-state index in [1.165, 1.54) is 36.4 Å². The zero-order chi connectivity index (χ0) is 21.8. The number of carbonyl (C=O) groups excluding carboxylic acids is 4. The summed E-state index contributed by atoms with van der Waals surface area (Å²) >= 11 is 0. The van der Waals surface area contributed by atoms with Crippen LogP contribution in [0.2, 0.25) is 0 Å². The maximum Gasteiger partial charge on any atom is 0.305 e. The SMILES string of the molecule is CC(=O)OC(OC(C)=O)[C@@]12C=C[C@@H](O1)[C@@H]1C(=O)N(c3ccccc3[N+](=O)[O-])C(=O)[C@@H]12. The van der Waals surface area contributed by atoms with E-state index in [1.54, 1.807) is 0 Å². The summed E-state index contributed by atoms with van der Waals surface area (Å²) in [6, 6.07) is 5.37. The van der Waals surface area contributed by atoms with Crippen LogP contribution in [0.3, 0.4) is 0 Å². The third-order valence-corrected chi connectivity index (χ3v) is 5.31. The van der Waals surface area contributed by atoms with Crippen LogP contribution < -0.4 is 4.90 Å². The average Bonchev–Trinajstić information content (AvgIpc) is 3.31. The fourth-order valence-corrected chi connectivity index (χ4v) is 4.26. The molecule has 2 saturated heterocycles. The number of fused-ring (bicyclic) bond motifs is 5. The summed E-state index contributed by atoms with van der Waals surface area (Å²) in [6.07, 6.45) is 0.512. The molecule has 2 amide bonds. The zero-order valence-electron chi connectivity index (χ0n) is 15.8. The van der Waals surface area contributed by atoms with Crippen molar-refractivity contribution in [2.24, 2.45) is 11.8 Å². The van der Waals surface area contributed by atoms with E-state index in [0.29, 0.717) is 0 Å². The second-order valence-electron chi connectivity index (χ2n) is 7.11. The minimum Gasteiger partial charge on any atom is -0.422 e. The summed E-state index contributed by atoms with van der Waals surface area (Å²) in [6.45, 7) is 2.19. The van der Waals surface area contributed by atoms with Crippen LogP contribution in [-0.2, 0) is 33.4 Å². The lowest BCUT2D eigenvalue weighted by Crippen LogP contribution is -2.52. The van der Waals surface area contributed by atoms with Gasteiger partial charge in [0.05, 0.1) is 22.9 Å². The minimum atomic E-state index is -1.71. The van der Waals surface area contributed by atoms with Crippen LogP contribution in [0, 0.1) is 22.0 Å². The Hall–Kier alpha value is -3.60. The Morgan fingerprint density at radius 3 is 2.40 bits per heavy atom. The van der Waals surface area contributed by atoms with E-state index < -0.39 is 64.2 Å². The summed E-state index contributed by atoms with van der Waals surface area (Å²) in [5.41, 5.74) is -2.29. The van der Waals surface area contributed by atoms with Gasteiger partial charge in [-0.25, -0.2) is 4.90 Å². The first kappa shape index (κ1) is 19.7. The van der Waals surface area contributed by atoms with Gasteiger partial charge in [0.2, 0.25) is 11.8 Å². The Labute approximate surface area is 169 Å². The van der Waals surface area contributed by atoms with Crippen LogP contribution in [0.5, 0.6) is 0 Å². The van der Waals surface area contributed by atoms with Crippen molar-refractivity contribution in [3.05, 3.63) is 46.5 Å². The molecule has 1 aromatic carbocycles. The maximum atomic E-state index is 13.3. The number of carbonyl (C=O) groups is 4. The van der Waals surface area contributed by atoms with Crippen LogP contribution in [-0.4, -0.2) is 46.7 Å². The number of para-hydroxylation sites is 2. The number of hydrogen-bond acceptors (Lipinski definition) is 9. The van der Waals surface area contributed by atoms with Crippen LogP contribution >= 0.6 is 0 Å². The van der Waals surface area contributed by atoms with Crippen LogP contribution in [0.25, 0.3) is 0 Å². The molecule has 30 heavy (non-hydrogen) atoms. The molecule has 4 rings (SSSR count). The molecule has 0 unspecified atom stereocenters. The summed E-state index contributed by atoms with van der Waals surface area (Å²) in [5.74, 6) is -5.21. The molecule has 3 aliphatic rings. The molecule has 4 atom stereocenters. The second kappa shape index (κ2) is 6.73. The standard InChI is InChI=1S/C19H16N2O9/c1-9(22)28-18(29-10(2)23)19-8-7-13(30-19)14-15(19)17(25)20(16(14)24)11-5-3-4-6-12(11)21(26)27/h3-8,13-15,18H,1-2H3/t13-,14+,15-,19+/m1/s1. The van der Waals surface area contributed by atoms with Gasteiger partial charge < -0.3 is 14.2 Å². The van der Waals surface area contributed by atoms with Gasteiger partial charge in [-0.15, -0.1) is 0 Å². The number of hydrogen-bond donors (Lipinski definition) is 0. The van der Waals surface area contributed by atoms with E-state index in [-0.39, 0.29) is 5.69 Å². The average molecular weight is 416 g/mol. The van der Waals surface area contributed by atoms with Crippen molar-refractivity contribution in [1.82, 2.24) is 0 Å². The summed E-state index contributed by atoms with van der Waals surface area (Å²) in [5, 5.41) is 11.4. The highest BCUT2D eigenvalue weighted by molar-refractivity contribution is 6.24. The molecule has 1 aromatic rings. The largest absolute Gasteiger partial charge is 0.422 e. The Kier molecular flexibility index (Phi) is 4.42. The normalized spacial score (nSPS) is 28.8. The number of benzene rings is 1. The minimum absolute atomic E-state index is 0.169. The molecule has 0 N–H and O–H groups in total. The van der Waals surface area contributed by atoms with Gasteiger partial charge in [-0.05, 0) is 12.1 Å². The lowest BCUT2D eigenvalue weighted by atomic mass is 9.76. The number of anilines is 1. The maximum absolute atomic E-state index is 13.3. The Morgan fingerprint density at radius 1 is 1.17 bits per heavy atom. The molecule has 0 aromatic heterocycles. The highest BCUT2D eigenvalue weighted by Crippen LogP contribution is 2.55. The van der Waals surface area contributed by atoms with Crippen molar-refractivity contribution >= 4 is 35.1 Å². The molecule has 2 bridgehead atoms. The number of esters is 2. The van der Waals surface area contributed by atoms with Gasteiger partial charge in [-0.2, -0.15) is 0 Å². The quantitative estimate of drug-likeness (QED) is 0.170. The van der Waals surface area contributed by atoms with Gasteiger partial charge >= 0.3 is 11.9 Å². The lowest BCUT2D eigenvalue weighted by Gasteiger charge is -2.34. The van der Waals surface area contributed by atoms with Gasteiger partial charge in [0, 0.05) is 19.9 Å². The van der Waals surface area contributed by atoms with Crippen molar-refractivity contribution in [3.63, 3.8) is 0 Å². The molecule has 156 valence electrons. The van der Waals surface area contributed by atoms with Crippen molar-refractivity contribution in [2.75, 3.05) is 4.90 Å².